The van der Waals surface area contributed by atoms with Gasteiger partial charge in [-0.25, -0.2) is 8.42 Å². The fourth-order valence-electron chi connectivity index (χ4n) is 3.73. The van der Waals surface area contributed by atoms with Crippen LogP contribution in [-0.2, 0) is 14.8 Å². The first-order valence-corrected chi connectivity index (χ1v) is 11.8. The predicted octanol–water partition coefficient (Wildman–Crippen LogP) is 2.15. The zero-order valence-electron chi connectivity index (χ0n) is 18.1. The number of likely N-dealkylation sites (N-methyl/N-ethyl adjacent to an activating group) is 1. The lowest BCUT2D eigenvalue weighted by atomic mass is 9.97. The molecule has 0 spiro atoms. The second-order valence-electron chi connectivity index (χ2n) is 7.90. The molecule has 0 bridgehead atoms. The van der Waals surface area contributed by atoms with Crippen LogP contribution in [0.5, 0.6) is 0 Å². The molecule has 10 heteroatoms. The lowest BCUT2D eigenvalue weighted by Gasteiger charge is -2.31. The molecule has 0 saturated carbocycles. The Morgan fingerprint density at radius 2 is 1.97 bits per heavy atom. The predicted molar refractivity (Wildman–Crippen MR) is 115 cm³/mol. The number of piperidine rings is 1. The van der Waals surface area contributed by atoms with Gasteiger partial charge in [0.2, 0.25) is 15.9 Å². The van der Waals surface area contributed by atoms with Gasteiger partial charge in [-0.3, -0.25) is 19.8 Å². The lowest BCUT2D eigenvalue weighted by molar-refractivity contribution is -0.385. The van der Waals surface area contributed by atoms with Crippen LogP contribution in [0.1, 0.15) is 39.2 Å². The molecular formula is C20H32N4O5S. The number of hydrogen-bond donors (Lipinski definition) is 1. The van der Waals surface area contributed by atoms with Gasteiger partial charge in [0.15, 0.2) is 0 Å². The van der Waals surface area contributed by atoms with Gasteiger partial charge >= 0.3 is 0 Å². The SMILES string of the molecule is CCN(CCNC(=O)C1CCN(S(=O)(=O)c2cc([N+](=O)[O-])ccc2C)CC1)C(C)C. The van der Waals surface area contributed by atoms with Crippen molar-refractivity contribution in [3.8, 4) is 0 Å². The van der Waals surface area contributed by atoms with E-state index in [1.165, 1.54) is 16.4 Å². The summed E-state index contributed by atoms with van der Waals surface area (Å²) in [5.74, 6) is -0.268. The smallest absolute Gasteiger partial charge is 0.270 e. The summed E-state index contributed by atoms with van der Waals surface area (Å²) in [6.07, 6.45) is 0.863. The Morgan fingerprint density at radius 3 is 2.50 bits per heavy atom. The molecule has 1 aromatic rings. The van der Waals surface area contributed by atoms with Crippen molar-refractivity contribution < 1.29 is 18.1 Å². The minimum absolute atomic E-state index is 0.0432. The van der Waals surface area contributed by atoms with Crippen molar-refractivity contribution in [3.63, 3.8) is 0 Å². The minimum Gasteiger partial charge on any atom is -0.355 e. The normalized spacial score (nSPS) is 16.2. The Bertz CT molecular complexity index is 864. The fraction of sp³-hybridized carbons (Fsp3) is 0.650. The van der Waals surface area contributed by atoms with E-state index in [0.717, 1.165) is 19.2 Å². The third kappa shape index (κ3) is 5.77. The molecule has 0 aromatic heterocycles. The number of nitro benzene ring substituents is 1. The van der Waals surface area contributed by atoms with Gasteiger partial charge in [0.1, 0.15) is 0 Å². The summed E-state index contributed by atoms with van der Waals surface area (Å²) in [5, 5.41) is 14.0. The summed E-state index contributed by atoms with van der Waals surface area (Å²) < 4.78 is 27.3. The van der Waals surface area contributed by atoms with Crippen molar-refractivity contribution in [3.05, 3.63) is 33.9 Å². The zero-order chi connectivity index (χ0) is 22.5. The van der Waals surface area contributed by atoms with E-state index in [1.807, 2.05) is 0 Å². The number of nitrogens with zero attached hydrogens (tertiary/aromatic N) is 3. The van der Waals surface area contributed by atoms with E-state index in [0.29, 0.717) is 31.0 Å². The number of carbonyl (C=O) groups excluding carboxylic acids is 1. The number of rotatable bonds is 9. The fourth-order valence-corrected chi connectivity index (χ4v) is 5.44. The molecule has 1 amide bonds. The topological polar surface area (TPSA) is 113 Å². The number of non-ortho nitro benzene ring substituents is 1. The standard InChI is InChI=1S/C20H32N4O5S/c1-5-22(15(2)3)13-10-21-20(25)17-8-11-23(12-9-17)30(28,29)19-14-18(24(26)27)7-6-16(19)4/h6-7,14-15,17H,5,8-13H2,1-4H3,(H,21,25). The van der Waals surface area contributed by atoms with Crippen LogP contribution in [0.2, 0.25) is 0 Å². The van der Waals surface area contributed by atoms with Gasteiger partial charge in [-0.1, -0.05) is 13.0 Å². The van der Waals surface area contributed by atoms with Crippen LogP contribution in [-0.4, -0.2) is 67.2 Å². The number of aryl methyl sites for hydroxylation is 1. The molecule has 0 aliphatic carbocycles. The van der Waals surface area contributed by atoms with Gasteiger partial charge < -0.3 is 5.32 Å². The average molecular weight is 441 g/mol. The Balaban J connectivity index is 1.96. The van der Waals surface area contributed by atoms with Gasteiger partial charge in [-0.05, 0) is 45.7 Å². The van der Waals surface area contributed by atoms with Crippen LogP contribution < -0.4 is 5.32 Å². The minimum atomic E-state index is -3.85. The summed E-state index contributed by atoms with van der Waals surface area (Å²) in [6.45, 7) is 10.6. The van der Waals surface area contributed by atoms with Crippen molar-refractivity contribution in [1.29, 1.82) is 0 Å². The van der Waals surface area contributed by atoms with E-state index < -0.39 is 14.9 Å². The number of nitrogens with one attached hydrogen (secondary N) is 1. The number of nitro groups is 1. The average Bonchev–Trinajstić information content (AvgIpc) is 2.70. The third-order valence-corrected chi connectivity index (χ3v) is 7.70. The van der Waals surface area contributed by atoms with Crippen molar-refractivity contribution in [2.75, 3.05) is 32.7 Å². The van der Waals surface area contributed by atoms with Crippen LogP contribution in [0, 0.1) is 23.0 Å². The largest absolute Gasteiger partial charge is 0.355 e. The van der Waals surface area contributed by atoms with Crippen LogP contribution in [0.25, 0.3) is 0 Å². The summed E-state index contributed by atoms with van der Waals surface area (Å²) in [5.41, 5.74) is 0.210. The van der Waals surface area contributed by atoms with Crippen molar-refractivity contribution in [1.82, 2.24) is 14.5 Å². The van der Waals surface area contributed by atoms with Crippen LogP contribution in [0.4, 0.5) is 5.69 Å². The molecule has 1 fully saturated rings. The highest BCUT2D eigenvalue weighted by atomic mass is 32.2. The van der Waals surface area contributed by atoms with Crippen molar-refractivity contribution in [2.24, 2.45) is 5.92 Å². The molecule has 1 heterocycles. The maximum atomic E-state index is 13.0. The Morgan fingerprint density at radius 1 is 1.33 bits per heavy atom. The molecule has 1 aromatic carbocycles. The lowest BCUT2D eigenvalue weighted by Crippen LogP contribution is -2.45. The molecule has 0 atom stereocenters. The Kier molecular flexibility index (Phi) is 8.34. The summed E-state index contributed by atoms with van der Waals surface area (Å²) >= 11 is 0. The van der Waals surface area contributed by atoms with Crippen molar-refractivity contribution >= 4 is 21.6 Å². The summed E-state index contributed by atoms with van der Waals surface area (Å²) in [6, 6.07) is 4.27. The highest BCUT2D eigenvalue weighted by Crippen LogP contribution is 2.28. The van der Waals surface area contributed by atoms with E-state index in [-0.39, 0.29) is 35.5 Å². The molecule has 1 aliphatic heterocycles. The Labute approximate surface area is 178 Å². The second-order valence-corrected chi connectivity index (χ2v) is 9.80. The van der Waals surface area contributed by atoms with Gasteiger partial charge in [-0.15, -0.1) is 0 Å². The number of sulfonamides is 1. The van der Waals surface area contributed by atoms with Gasteiger partial charge in [0, 0.05) is 50.3 Å². The molecule has 168 valence electrons. The van der Waals surface area contributed by atoms with Crippen molar-refractivity contribution in [2.45, 2.75) is 51.5 Å². The molecule has 1 aliphatic rings. The molecule has 1 saturated heterocycles. The number of amides is 1. The van der Waals surface area contributed by atoms with E-state index in [2.05, 4.69) is 31.0 Å². The molecule has 0 unspecified atom stereocenters. The number of carbonyl (C=O) groups is 1. The number of hydrogen-bond acceptors (Lipinski definition) is 6. The molecule has 9 nitrogen and oxygen atoms in total. The molecular weight excluding hydrogens is 408 g/mol. The molecule has 1 N–H and O–H groups in total. The van der Waals surface area contributed by atoms with Gasteiger partial charge in [0.25, 0.3) is 5.69 Å². The van der Waals surface area contributed by atoms with Gasteiger partial charge in [-0.2, -0.15) is 4.31 Å². The maximum Gasteiger partial charge on any atom is 0.270 e. The summed E-state index contributed by atoms with van der Waals surface area (Å²) in [7, 11) is -3.85. The third-order valence-electron chi connectivity index (χ3n) is 5.66. The first-order chi connectivity index (χ1) is 14.1. The first-order valence-electron chi connectivity index (χ1n) is 10.3. The highest BCUT2D eigenvalue weighted by molar-refractivity contribution is 7.89. The Hall–Kier alpha value is -2.04. The number of benzene rings is 1. The van der Waals surface area contributed by atoms with E-state index in [4.69, 9.17) is 0 Å². The highest BCUT2D eigenvalue weighted by Gasteiger charge is 2.33. The first kappa shape index (κ1) is 24.2. The molecule has 30 heavy (non-hydrogen) atoms. The summed E-state index contributed by atoms with van der Waals surface area (Å²) in [4.78, 5) is 25.1. The quantitative estimate of drug-likeness (QED) is 0.465. The van der Waals surface area contributed by atoms with Gasteiger partial charge in [0.05, 0.1) is 9.82 Å². The second kappa shape index (κ2) is 10.3. The molecule has 2 rings (SSSR count). The maximum absolute atomic E-state index is 13.0. The van der Waals surface area contributed by atoms with E-state index in [1.54, 1.807) is 6.92 Å². The van der Waals surface area contributed by atoms with E-state index >= 15 is 0 Å². The monoisotopic (exact) mass is 440 g/mol. The van der Waals surface area contributed by atoms with Crippen LogP contribution in [0.15, 0.2) is 23.1 Å². The van der Waals surface area contributed by atoms with Crippen LogP contribution in [0.3, 0.4) is 0 Å². The van der Waals surface area contributed by atoms with E-state index in [9.17, 15) is 23.3 Å². The van der Waals surface area contributed by atoms with Crippen LogP contribution >= 0.6 is 0 Å². The molecule has 0 radical (unpaired) electrons. The zero-order valence-corrected chi connectivity index (χ0v) is 18.9.